The van der Waals surface area contributed by atoms with Crippen LogP contribution in [0.3, 0.4) is 0 Å². The summed E-state index contributed by atoms with van der Waals surface area (Å²) < 4.78 is 6.09. The van der Waals surface area contributed by atoms with Crippen molar-refractivity contribution in [3.8, 4) is 0 Å². The summed E-state index contributed by atoms with van der Waals surface area (Å²) in [6.45, 7) is 0. The Hall–Kier alpha value is -1.76. The van der Waals surface area contributed by atoms with Crippen molar-refractivity contribution in [2.24, 2.45) is 11.8 Å². The van der Waals surface area contributed by atoms with Gasteiger partial charge < -0.3 is 4.74 Å². The molecule has 2 atom stereocenters. The van der Waals surface area contributed by atoms with E-state index < -0.39 is 0 Å². The van der Waals surface area contributed by atoms with Crippen LogP contribution in [0.5, 0.6) is 0 Å². The lowest BCUT2D eigenvalue weighted by atomic mass is 9.74. The Morgan fingerprint density at radius 2 is 2.00 bits per heavy atom. The third kappa shape index (κ3) is 1.47. The molecule has 18 heavy (non-hydrogen) atoms. The fraction of sp³-hybridized carbons (Fsp3) is 0.294. The van der Waals surface area contributed by atoms with Gasteiger partial charge in [0.15, 0.2) is 0 Å². The lowest BCUT2D eigenvalue weighted by Crippen LogP contribution is -2.27. The maximum Gasteiger partial charge on any atom is 0.125 e. The van der Waals surface area contributed by atoms with Crippen molar-refractivity contribution in [1.29, 1.82) is 0 Å². The molecule has 1 fully saturated rings. The highest BCUT2D eigenvalue weighted by Crippen LogP contribution is 2.45. The molecule has 0 amide bonds. The van der Waals surface area contributed by atoms with Crippen molar-refractivity contribution in [2.45, 2.75) is 19.3 Å². The van der Waals surface area contributed by atoms with Crippen LogP contribution in [0.2, 0.25) is 0 Å². The summed E-state index contributed by atoms with van der Waals surface area (Å²) in [5.74, 6) is 3.25. The SMILES string of the molecule is C1=CC2=CC=C3OC4=CCCC=C4CC3C2C=C1. The monoisotopic (exact) mass is 236 g/mol. The Morgan fingerprint density at radius 3 is 3.00 bits per heavy atom. The molecule has 2 unspecified atom stereocenters. The van der Waals surface area contributed by atoms with E-state index in [1.165, 1.54) is 11.1 Å². The number of hydrogen-bond acceptors (Lipinski definition) is 1. The van der Waals surface area contributed by atoms with Gasteiger partial charge in [-0.15, -0.1) is 0 Å². The van der Waals surface area contributed by atoms with Gasteiger partial charge in [-0.1, -0.05) is 36.5 Å². The summed E-state index contributed by atoms with van der Waals surface area (Å²) in [7, 11) is 0. The maximum atomic E-state index is 6.09. The summed E-state index contributed by atoms with van der Waals surface area (Å²) in [5.41, 5.74) is 2.83. The van der Waals surface area contributed by atoms with Crippen molar-refractivity contribution in [2.75, 3.05) is 0 Å². The molecule has 0 spiro atoms. The van der Waals surface area contributed by atoms with Gasteiger partial charge in [0.25, 0.3) is 0 Å². The summed E-state index contributed by atoms with van der Waals surface area (Å²) in [4.78, 5) is 0. The normalized spacial score (nSPS) is 32.0. The first-order chi connectivity index (χ1) is 8.92. The second kappa shape index (κ2) is 3.88. The molecule has 4 rings (SSSR count). The van der Waals surface area contributed by atoms with Crippen LogP contribution in [0, 0.1) is 11.8 Å². The molecule has 4 aliphatic rings. The van der Waals surface area contributed by atoms with Crippen molar-refractivity contribution < 1.29 is 4.74 Å². The minimum absolute atomic E-state index is 0.493. The van der Waals surface area contributed by atoms with Gasteiger partial charge in [-0.25, -0.2) is 0 Å². The van der Waals surface area contributed by atoms with E-state index in [4.69, 9.17) is 4.74 Å². The highest BCUT2D eigenvalue weighted by atomic mass is 16.5. The Morgan fingerprint density at radius 1 is 1.06 bits per heavy atom. The molecule has 0 bridgehead atoms. The minimum Gasteiger partial charge on any atom is -0.461 e. The Balaban J connectivity index is 1.74. The smallest absolute Gasteiger partial charge is 0.125 e. The minimum atomic E-state index is 0.493. The number of allylic oxidation sites excluding steroid dienone is 11. The van der Waals surface area contributed by atoms with Crippen molar-refractivity contribution in [3.05, 3.63) is 71.3 Å². The van der Waals surface area contributed by atoms with Crippen LogP contribution in [-0.4, -0.2) is 0 Å². The summed E-state index contributed by atoms with van der Waals surface area (Å²) in [6.07, 6.45) is 21.2. The first-order valence-electron chi connectivity index (χ1n) is 6.76. The predicted octanol–water partition coefficient (Wildman–Crippen LogP) is 4.19. The van der Waals surface area contributed by atoms with Gasteiger partial charge in [0.2, 0.25) is 0 Å². The quantitative estimate of drug-likeness (QED) is 0.612. The lowest BCUT2D eigenvalue weighted by molar-refractivity contribution is 0.206. The fourth-order valence-corrected chi connectivity index (χ4v) is 3.28. The molecule has 1 heteroatoms. The van der Waals surface area contributed by atoms with Crippen LogP contribution in [-0.2, 0) is 4.74 Å². The third-order valence-electron chi connectivity index (χ3n) is 4.21. The summed E-state index contributed by atoms with van der Waals surface area (Å²) in [5, 5.41) is 0. The molecule has 1 saturated heterocycles. The number of ether oxygens (including phenoxy) is 1. The van der Waals surface area contributed by atoms with Crippen LogP contribution in [0.1, 0.15) is 19.3 Å². The average molecular weight is 236 g/mol. The van der Waals surface area contributed by atoms with E-state index >= 15 is 0 Å². The van der Waals surface area contributed by atoms with Gasteiger partial charge in [-0.2, -0.15) is 0 Å². The largest absolute Gasteiger partial charge is 0.461 e. The van der Waals surface area contributed by atoms with Crippen LogP contribution in [0.25, 0.3) is 0 Å². The van der Waals surface area contributed by atoms with Gasteiger partial charge in [0.05, 0.1) is 0 Å². The van der Waals surface area contributed by atoms with E-state index in [1.807, 2.05) is 0 Å². The molecular weight excluding hydrogens is 220 g/mol. The van der Waals surface area contributed by atoms with Gasteiger partial charge >= 0.3 is 0 Å². The first kappa shape index (κ1) is 10.2. The molecule has 1 nitrogen and oxygen atoms in total. The van der Waals surface area contributed by atoms with E-state index in [0.717, 1.165) is 30.8 Å². The summed E-state index contributed by atoms with van der Waals surface area (Å²) >= 11 is 0. The molecule has 0 saturated carbocycles. The molecule has 90 valence electrons. The van der Waals surface area contributed by atoms with Crippen molar-refractivity contribution in [3.63, 3.8) is 0 Å². The topological polar surface area (TPSA) is 9.23 Å². The van der Waals surface area contributed by atoms with E-state index in [2.05, 4.69) is 48.6 Å². The van der Waals surface area contributed by atoms with Gasteiger partial charge in [-0.05, 0) is 42.6 Å². The van der Waals surface area contributed by atoms with E-state index in [-0.39, 0.29) is 0 Å². The fourth-order valence-electron chi connectivity index (χ4n) is 3.28. The van der Waals surface area contributed by atoms with E-state index in [9.17, 15) is 0 Å². The molecule has 0 N–H and O–H groups in total. The van der Waals surface area contributed by atoms with Crippen LogP contribution in [0.4, 0.5) is 0 Å². The second-order valence-electron chi connectivity index (χ2n) is 5.29. The number of hydrogen-bond donors (Lipinski definition) is 0. The van der Waals surface area contributed by atoms with Crippen molar-refractivity contribution in [1.82, 2.24) is 0 Å². The molecule has 0 radical (unpaired) electrons. The second-order valence-corrected chi connectivity index (χ2v) is 5.29. The molecule has 1 aliphatic heterocycles. The molecule has 0 aromatic rings. The Bertz CT molecular complexity index is 566. The zero-order valence-electron chi connectivity index (χ0n) is 10.3. The van der Waals surface area contributed by atoms with Crippen LogP contribution in [0.15, 0.2) is 71.3 Å². The standard InChI is InChI=1S/C17H16O/c1-3-7-14-12(5-1)9-10-17-15(14)11-13-6-2-4-8-16(13)18-17/h1,3,5-10,14-15H,2,4,11H2. The van der Waals surface area contributed by atoms with Crippen molar-refractivity contribution >= 4 is 0 Å². The summed E-state index contributed by atoms with van der Waals surface area (Å²) in [6, 6.07) is 0. The molecule has 3 aliphatic carbocycles. The highest BCUT2D eigenvalue weighted by molar-refractivity contribution is 5.45. The third-order valence-corrected chi connectivity index (χ3v) is 4.21. The average Bonchev–Trinajstić information content (AvgIpc) is 2.45. The number of fused-ring (bicyclic) bond motifs is 4. The maximum absolute atomic E-state index is 6.09. The number of rotatable bonds is 0. The van der Waals surface area contributed by atoms with E-state index in [0.29, 0.717) is 11.8 Å². The molecule has 1 heterocycles. The lowest BCUT2D eigenvalue weighted by Gasteiger charge is -2.37. The van der Waals surface area contributed by atoms with Gasteiger partial charge in [-0.3, -0.25) is 0 Å². The first-order valence-corrected chi connectivity index (χ1v) is 6.76. The van der Waals surface area contributed by atoms with E-state index in [1.54, 1.807) is 0 Å². The van der Waals surface area contributed by atoms with Gasteiger partial charge in [0, 0.05) is 11.8 Å². The molecule has 0 aromatic heterocycles. The van der Waals surface area contributed by atoms with Crippen LogP contribution < -0.4 is 0 Å². The van der Waals surface area contributed by atoms with Gasteiger partial charge in [0.1, 0.15) is 11.5 Å². The molecular formula is C17H16O. The van der Waals surface area contributed by atoms with Crippen LogP contribution >= 0.6 is 0 Å². The molecule has 0 aromatic carbocycles. The predicted molar refractivity (Wildman–Crippen MR) is 72.5 cm³/mol. The zero-order valence-corrected chi connectivity index (χ0v) is 10.3. The Kier molecular flexibility index (Phi) is 2.19. The Labute approximate surface area is 108 Å². The zero-order chi connectivity index (χ0) is 11.9. The highest BCUT2D eigenvalue weighted by Gasteiger charge is 2.35.